The maximum atomic E-state index is 2.77. The highest BCUT2D eigenvalue weighted by atomic mass is 31.2. The van der Waals surface area contributed by atoms with Crippen LogP contribution in [-0.2, 0) is 0 Å². The zero-order valence-corrected chi connectivity index (χ0v) is 21.8. The van der Waals surface area contributed by atoms with Crippen LogP contribution in [-0.4, -0.2) is 18.0 Å². The fourth-order valence-electron chi connectivity index (χ4n) is 4.71. The Morgan fingerprint density at radius 3 is 1.09 bits per heavy atom. The van der Waals surface area contributed by atoms with E-state index in [0.717, 1.165) is 0 Å². The number of hydrogen-bond acceptors (Lipinski definition) is 0. The molecule has 0 aliphatic heterocycles. The normalized spacial score (nSPS) is 11.6. The first kappa shape index (κ1) is 23.4. The molecule has 0 unspecified atom stereocenters. The molecule has 0 aliphatic rings. The van der Waals surface area contributed by atoms with Gasteiger partial charge in [0.15, 0.2) is 0 Å². The standard InChI is InChI=1S/C33H30P2/c1-34(30-19-9-3-10-20-30,31-21-11-4-12-22-31)28-35(32-23-13-5-14-24-32,33-25-15-6-16-26-33)27-29-17-7-2-8-18-29/h2-28H,1H3. The Kier molecular flexibility index (Phi) is 7.06. The van der Waals surface area contributed by atoms with Crippen molar-refractivity contribution >= 4 is 46.3 Å². The SMILES string of the molecule is CP(=CP(=Cc1ccccc1)(c1ccccc1)c1ccccc1)(c1ccccc1)c1ccccc1. The van der Waals surface area contributed by atoms with Crippen LogP contribution in [0.5, 0.6) is 0 Å². The highest BCUT2D eigenvalue weighted by molar-refractivity contribution is 8.12. The summed E-state index contributed by atoms with van der Waals surface area (Å²) in [4.78, 5) is 0. The fourth-order valence-corrected chi connectivity index (χ4v) is 14.5. The van der Waals surface area contributed by atoms with Crippen LogP contribution in [0.4, 0.5) is 0 Å². The molecule has 5 aromatic rings. The summed E-state index contributed by atoms with van der Waals surface area (Å²) in [5, 5.41) is 5.58. The van der Waals surface area contributed by atoms with Crippen LogP contribution in [0.2, 0.25) is 0 Å². The Bertz CT molecular complexity index is 1390. The van der Waals surface area contributed by atoms with Crippen LogP contribution in [0.1, 0.15) is 5.56 Å². The highest BCUT2D eigenvalue weighted by Crippen LogP contribution is 2.53. The van der Waals surface area contributed by atoms with Crippen LogP contribution in [0, 0.1) is 0 Å². The molecule has 0 radical (unpaired) electrons. The smallest absolute Gasteiger partial charge is 0.0165 e. The van der Waals surface area contributed by atoms with E-state index in [1.165, 1.54) is 26.8 Å². The first-order valence-corrected chi connectivity index (χ1v) is 16.2. The molecular formula is C33H30P2. The Morgan fingerprint density at radius 2 is 0.714 bits per heavy atom. The third-order valence-electron chi connectivity index (χ3n) is 6.52. The van der Waals surface area contributed by atoms with E-state index >= 15 is 0 Å². The summed E-state index contributed by atoms with van der Waals surface area (Å²) in [6.45, 7) is -1.46. The van der Waals surface area contributed by atoms with Crippen molar-refractivity contribution in [1.82, 2.24) is 0 Å². The zero-order valence-electron chi connectivity index (χ0n) is 20.0. The first-order valence-electron chi connectivity index (χ1n) is 12.0. The Hall–Kier alpha value is -3.30. The summed E-state index contributed by atoms with van der Waals surface area (Å²) >= 11 is 0. The van der Waals surface area contributed by atoms with Crippen molar-refractivity contribution in [2.45, 2.75) is 0 Å². The second-order valence-electron chi connectivity index (χ2n) is 8.85. The van der Waals surface area contributed by atoms with Gasteiger partial charge in [-0.05, 0) is 51.7 Å². The maximum Gasteiger partial charge on any atom is -0.0165 e. The maximum absolute atomic E-state index is 2.77. The minimum Gasteiger partial charge on any atom is -0.0622 e. The van der Waals surface area contributed by atoms with Gasteiger partial charge in [0.2, 0.25) is 0 Å². The molecule has 0 N–H and O–H groups in total. The van der Waals surface area contributed by atoms with Crippen molar-refractivity contribution in [2.75, 3.05) is 6.66 Å². The molecule has 0 aliphatic carbocycles. The van der Waals surface area contributed by atoms with Crippen molar-refractivity contribution in [3.63, 3.8) is 0 Å². The van der Waals surface area contributed by atoms with Crippen LogP contribution in [0.25, 0.3) is 0 Å². The van der Waals surface area contributed by atoms with E-state index in [1.807, 2.05) is 0 Å². The Balaban J connectivity index is 1.96. The third kappa shape index (κ3) is 4.92. The van der Waals surface area contributed by atoms with Crippen molar-refractivity contribution in [3.8, 4) is 0 Å². The predicted octanol–water partition coefficient (Wildman–Crippen LogP) is 6.56. The molecule has 0 aromatic heterocycles. The summed E-state index contributed by atoms with van der Waals surface area (Å²) in [5.74, 6) is 2.56. The van der Waals surface area contributed by atoms with Gasteiger partial charge in [0.1, 0.15) is 0 Å². The van der Waals surface area contributed by atoms with Crippen molar-refractivity contribution in [1.29, 1.82) is 0 Å². The number of hydrogen-bond donors (Lipinski definition) is 0. The number of rotatable bonds is 6. The molecule has 0 amide bonds. The van der Waals surface area contributed by atoms with Crippen LogP contribution in [0.15, 0.2) is 152 Å². The van der Waals surface area contributed by atoms with Gasteiger partial charge in [-0.1, -0.05) is 159 Å². The summed E-state index contributed by atoms with van der Waals surface area (Å²) in [5.41, 5.74) is 4.03. The van der Waals surface area contributed by atoms with E-state index in [4.69, 9.17) is 0 Å². The Labute approximate surface area is 209 Å². The van der Waals surface area contributed by atoms with Crippen molar-refractivity contribution < 1.29 is 0 Å². The third-order valence-corrected chi connectivity index (χ3v) is 15.6. The first-order chi connectivity index (χ1) is 17.2. The highest BCUT2D eigenvalue weighted by Gasteiger charge is 2.26. The van der Waals surface area contributed by atoms with E-state index in [2.05, 4.69) is 170 Å². The van der Waals surface area contributed by atoms with E-state index in [9.17, 15) is 0 Å². The molecule has 0 bridgehead atoms. The van der Waals surface area contributed by atoms with Crippen molar-refractivity contribution in [3.05, 3.63) is 157 Å². The van der Waals surface area contributed by atoms with E-state index < -0.39 is 13.8 Å². The molecule has 0 atom stereocenters. The zero-order chi connectivity index (χ0) is 24.0. The lowest BCUT2D eigenvalue weighted by Gasteiger charge is -2.32. The fraction of sp³-hybridized carbons (Fsp3) is 0.0303. The lowest BCUT2D eigenvalue weighted by Crippen LogP contribution is -2.24. The van der Waals surface area contributed by atoms with Crippen LogP contribution in [0.3, 0.4) is 0 Å². The summed E-state index contributed by atoms with van der Waals surface area (Å²) in [6.07, 6.45) is 0. The van der Waals surface area contributed by atoms with Crippen LogP contribution >= 0.6 is 13.8 Å². The lowest BCUT2D eigenvalue weighted by molar-refractivity contribution is 1.69. The van der Waals surface area contributed by atoms with Gasteiger partial charge in [-0.3, -0.25) is 0 Å². The molecule has 35 heavy (non-hydrogen) atoms. The average molecular weight is 489 g/mol. The lowest BCUT2D eigenvalue weighted by atomic mass is 10.2. The van der Waals surface area contributed by atoms with Gasteiger partial charge in [0, 0.05) is 0 Å². The summed E-state index contributed by atoms with van der Waals surface area (Å²) in [7, 11) is 0. The molecule has 0 fully saturated rings. The molecule has 172 valence electrons. The summed E-state index contributed by atoms with van der Waals surface area (Å²) < 4.78 is 0. The van der Waals surface area contributed by atoms with Gasteiger partial charge in [0.05, 0.1) is 0 Å². The second-order valence-corrected chi connectivity index (χ2v) is 15.8. The second kappa shape index (κ2) is 10.5. The van der Waals surface area contributed by atoms with Gasteiger partial charge in [-0.25, -0.2) is 0 Å². The van der Waals surface area contributed by atoms with Gasteiger partial charge < -0.3 is 0 Å². The van der Waals surface area contributed by atoms with Gasteiger partial charge in [-0.15, -0.1) is 0 Å². The van der Waals surface area contributed by atoms with E-state index in [0.29, 0.717) is 0 Å². The topological polar surface area (TPSA) is 0 Å². The van der Waals surface area contributed by atoms with E-state index in [-0.39, 0.29) is 0 Å². The largest absolute Gasteiger partial charge is 0.0622 e. The molecule has 0 heterocycles. The molecule has 0 saturated heterocycles. The van der Waals surface area contributed by atoms with Crippen molar-refractivity contribution in [2.24, 2.45) is 0 Å². The monoisotopic (exact) mass is 488 g/mol. The van der Waals surface area contributed by atoms with Gasteiger partial charge >= 0.3 is 0 Å². The predicted molar refractivity (Wildman–Crippen MR) is 162 cm³/mol. The Morgan fingerprint density at radius 1 is 0.400 bits per heavy atom. The minimum atomic E-state index is -2.08. The van der Waals surface area contributed by atoms with Crippen LogP contribution < -0.4 is 21.2 Å². The summed E-state index contributed by atoms with van der Waals surface area (Å²) in [6, 6.07) is 55.2. The van der Waals surface area contributed by atoms with E-state index in [1.54, 1.807) is 0 Å². The van der Waals surface area contributed by atoms with Gasteiger partial charge in [-0.2, -0.15) is 0 Å². The molecule has 2 heteroatoms. The molecule has 5 rings (SSSR count). The molecule has 5 aromatic carbocycles. The van der Waals surface area contributed by atoms with Gasteiger partial charge in [0.25, 0.3) is 0 Å². The molecule has 0 nitrogen and oxygen atoms in total. The average Bonchev–Trinajstić information content (AvgIpc) is 2.95. The number of benzene rings is 5. The molecular weight excluding hydrogens is 458 g/mol. The quantitative estimate of drug-likeness (QED) is 0.237. The minimum absolute atomic E-state index is 1.26. The molecule has 0 saturated carbocycles. The molecule has 0 spiro atoms.